The van der Waals surface area contributed by atoms with Crippen LogP contribution >= 0.6 is 11.6 Å². The molecule has 1 aromatic heterocycles. The molecule has 1 N–H and O–H groups in total. The van der Waals surface area contributed by atoms with E-state index in [1.54, 1.807) is 0 Å². The summed E-state index contributed by atoms with van der Waals surface area (Å²) < 4.78 is 0. The Balaban J connectivity index is 2.86. The lowest BCUT2D eigenvalue weighted by molar-refractivity contribution is 0.301. The van der Waals surface area contributed by atoms with Gasteiger partial charge in [-0.15, -0.1) is 0 Å². The van der Waals surface area contributed by atoms with Gasteiger partial charge in [-0.3, -0.25) is 0 Å². The van der Waals surface area contributed by atoms with E-state index < -0.39 is 0 Å². The summed E-state index contributed by atoms with van der Waals surface area (Å²) >= 11 is 5.95. The third kappa shape index (κ3) is 3.32. The van der Waals surface area contributed by atoms with E-state index in [9.17, 15) is 0 Å². The first kappa shape index (κ1) is 13.2. The van der Waals surface area contributed by atoms with Gasteiger partial charge in [0.2, 0.25) is 0 Å². The van der Waals surface area contributed by atoms with Crippen LogP contribution in [0.1, 0.15) is 25.3 Å². The Hall–Kier alpha value is -0.870. The van der Waals surface area contributed by atoms with Crippen molar-refractivity contribution in [2.45, 2.75) is 26.7 Å². The van der Waals surface area contributed by atoms with Gasteiger partial charge in [-0.1, -0.05) is 24.9 Å². The van der Waals surface area contributed by atoms with Crippen LogP contribution in [0, 0.1) is 6.92 Å². The second kappa shape index (κ2) is 6.66. The molecule has 0 atom stereocenters. The van der Waals surface area contributed by atoms with Crippen LogP contribution < -0.4 is 4.90 Å². The number of aliphatic hydroxyl groups is 1. The molecule has 0 bridgehead atoms. The van der Waals surface area contributed by atoms with Gasteiger partial charge in [0.05, 0.1) is 6.61 Å². The molecule has 0 saturated carbocycles. The fraction of sp³-hybridized carbons (Fsp3) is 0.636. The minimum absolute atomic E-state index is 0.116. The molecule has 0 aromatic carbocycles. The minimum atomic E-state index is 0.116. The fourth-order valence-corrected chi connectivity index (χ4v) is 1.66. The molecule has 1 rings (SSSR count). The predicted octanol–water partition coefficient (Wildman–Crippen LogP) is 2.04. The van der Waals surface area contributed by atoms with Crippen LogP contribution in [0.15, 0.2) is 6.33 Å². The second-order valence-corrected chi connectivity index (χ2v) is 4.04. The Labute approximate surface area is 101 Å². The zero-order chi connectivity index (χ0) is 12.0. The number of unbranched alkanes of at least 4 members (excludes halogenated alkanes) is 1. The van der Waals surface area contributed by atoms with Crippen molar-refractivity contribution in [3.8, 4) is 0 Å². The van der Waals surface area contributed by atoms with Gasteiger partial charge in [-0.2, -0.15) is 0 Å². The first-order valence-corrected chi connectivity index (χ1v) is 5.91. The maximum Gasteiger partial charge on any atom is 0.137 e. The van der Waals surface area contributed by atoms with Gasteiger partial charge in [0.25, 0.3) is 0 Å². The quantitative estimate of drug-likeness (QED) is 0.777. The summed E-state index contributed by atoms with van der Waals surface area (Å²) in [7, 11) is 0. The third-order valence-electron chi connectivity index (χ3n) is 2.45. The van der Waals surface area contributed by atoms with Crippen LogP contribution in [0.5, 0.6) is 0 Å². The van der Waals surface area contributed by atoms with Crippen LogP contribution in [-0.4, -0.2) is 34.8 Å². The van der Waals surface area contributed by atoms with E-state index in [4.69, 9.17) is 16.7 Å². The highest BCUT2D eigenvalue weighted by Gasteiger charge is 2.12. The van der Waals surface area contributed by atoms with Crippen LogP contribution in [-0.2, 0) is 0 Å². The number of aromatic nitrogens is 2. The van der Waals surface area contributed by atoms with Gasteiger partial charge in [0, 0.05) is 18.7 Å². The van der Waals surface area contributed by atoms with Gasteiger partial charge < -0.3 is 10.0 Å². The molecule has 90 valence electrons. The molecule has 0 fully saturated rings. The van der Waals surface area contributed by atoms with Gasteiger partial charge >= 0.3 is 0 Å². The first-order chi connectivity index (χ1) is 7.70. The normalized spacial score (nSPS) is 10.5. The number of hydrogen-bond donors (Lipinski definition) is 1. The Morgan fingerprint density at radius 2 is 2.12 bits per heavy atom. The van der Waals surface area contributed by atoms with Crippen LogP contribution in [0.4, 0.5) is 5.82 Å². The Kier molecular flexibility index (Phi) is 5.49. The van der Waals surface area contributed by atoms with Crippen molar-refractivity contribution in [3.63, 3.8) is 0 Å². The standard InChI is InChI=1S/C11H18ClN3O/c1-3-4-5-15(6-7-16)11-9(2)10(12)13-8-14-11/h8,16H,3-7H2,1-2H3. The zero-order valence-corrected chi connectivity index (χ0v) is 10.5. The summed E-state index contributed by atoms with van der Waals surface area (Å²) in [6.45, 7) is 5.61. The van der Waals surface area contributed by atoms with E-state index in [0.717, 1.165) is 30.8 Å². The number of aliphatic hydroxyl groups excluding tert-OH is 1. The molecule has 0 unspecified atom stereocenters. The van der Waals surface area contributed by atoms with E-state index in [2.05, 4.69) is 16.9 Å². The van der Waals surface area contributed by atoms with Crippen molar-refractivity contribution < 1.29 is 5.11 Å². The molecule has 0 amide bonds. The Morgan fingerprint density at radius 3 is 2.75 bits per heavy atom. The number of halogens is 1. The molecule has 0 saturated heterocycles. The lowest BCUT2D eigenvalue weighted by Gasteiger charge is -2.24. The highest BCUT2D eigenvalue weighted by molar-refractivity contribution is 6.30. The molecule has 0 aliphatic carbocycles. The first-order valence-electron chi connectivity index (χ1n) is 5.53. The van der Waals surface area contributed by atoms with Crippen molar-refractivity contribution in [2.75, 3.05) is 24.6 Å². The average Bonchev–Trinajstić information content (AvgIpc) is 2.28. The highest BCUT2D eigenvalue weighted by Crippen LogP contribution is 2.21. The molecule has 0 aliphatic heterocycles. The smallest absolute Gasteiger partial charge is 0.137 e. The van der Waals surface area contributed by atoms with Crippen molar-refractivity contribution in [3.05, 3.63) is 17.0 Å². The lowest BCUT2D eigenvalue weighted by Crippen LogP contribution is -2.29. The summed E-state index contributed by atoms with van der Waals surface area (Å²) in [5, 5.41) is 9.52. The molecule has 5 heteroatoms. The summed E-state index contributed by atoms with van der Waals surface area (Å²) in [5.74, 6) is 0.822. The number of rotatable bonds is 6. The summed E-state index contributed by atoms with van der Waals surface area (Å²) in [6, 6.07) is 0. The van der Waals surface area contributed by atoms with Gasteiger partial charge in [-0.05, 0) is 13.3 Å². The molecular formula is C11H18ClN3O. The van der Waals surface area contributed by atoms with Crippen molar-refractivity contribution >= 4 is 17.4 Å². The fourth-order valence-electron chi connectivity index (χ4n) is 1.53. The Morgan fingerprint density at radius 1 is 1.38 bits per heavy atom. The van der Waals surface area contributed by atoms with E-state index >= 15 is 0 Å². The van der Waals surface area contributed by atoms with Crippen LogP contribution in [0.3, 0.4) is 0 Å². The molecule has 1 heterocycles. The highest BCUT2D eigenvalue weighted by atomic mass is 35.5. The topological polar surface area (TPSA) is 49.2 Å². The molecule has 1 aromatic rings. The van der Waals surface area contributed by atoms with E-state index in [-0.39, 0.29) is 6.61 Å². The largest absolute Gasteiger partial charge is 0.395 e. The molecule has 0 aliphatic rings. The van der Waals surface area contributed by atoms with Gasteiger partial charge in [-0.25, -0.2) is 9.97 Å². The number of hydrogen-bond acceptors (Lipinski definition) is 4. The number of anilines is 1. The van der Waals surface area contributed by atoms with E-state index in [1.807, 2.05) is 11.8 Å². The monoisotopic (exact) mass is 243 g/mol. The SMILES string of the molecule is CCCCN(CCO)c1ncnc(Cl)c1C. The second-order valence-electron chi connectivity index (χ2n) is 3.68. The zero-order valence-electron chi connectivity index (χ0n) is 9.78. The predicted molar refractivity (Wildman–Crippen MR) is 66.0 cm³/mol. The summed E-state index contributed by atoms with van der Waals surface area (Å²) in [6.07, 6.45) is 3.64. The van der Waals surface area contributed by atoms with Crippen molar-refractivity contribution in [1.82, 2.24) is 9.97 Å². The van der Waals surface area contributed by atoms with Crippen molar-refractivity contribution in [1.29, 1.82) is 0 Å². The van der Waals surface area contributed by atoms with Crippen LogP contribution in [0.2, 0.25) is 5.15 Å². The number of nitrogens with zero attached hydrogens (tertiary/aromatic N) is 3. The van der Waals surface area contributed by atoms with Crippen molar-refractivity contribution in [2.24, 2.45) is 0 Å². The third-order valence-corrected chi connectivity index (χ3v) is 2.83. The lowest BCUT2D eigenvalue weighted by atomic mass is 10.2. The van der Waals surface area contributed by atoms with E-state index in [0.29, 0.717) is 11.7 Å². The van der Waals surface area contributed by atoms with Crippen LogP contribution in [0.25, 0.3) is 0 Å². The minimum Gasteiger partial charge on any atom is -0.395 e. The molecule has 4 nitrogen and oxygen atoms in total. The molecule has 0 radical (unpaired) electrons. The molecule has 0 spiro atoms. The van der Waals surface area contributed by atoms with Gasteiger partial charge in [0.1, 0.15) is 17.3 Å². The molecule has 16 heavy (non-hydrogen) atoms. The summed E-state index contributed by atoms with van der Waals surface area (Å²) in [5.41, 5.74) is 0.869. The average molecular weight is 244 g/mol. The maximum absolute atomic E-state index is 9.04. The maximum atomic E-state index is 9.04. The Bertz CT molecular complexity index is 333. The summed E-state index contributed by atoms with van der Waals surface area (Å²) in [4.78, 5) is 10.2. The van der Waals surface area contributed by atoms with Gasteiger partial charge in [0.15, 0.2) is 0 Å². The molecular weight excluding hydrogens is 226 g/mol. The van der Waals surface area contributed by atoms with E-state index in [1.165, 1.54) is 6.33 Å².